The Bertz CT molecular complexity index is 366. The fraction of sp³-hybridized carbons (Fsp3) is 0.786. The van der Waals surface area contributed by atoms with E-state index in [-0.39, 0.29) is 0 Å². The number of likely N-dealkylation sites (tertiary alicyclic amines) is 1. The maximum atomic E-state index is 5.05. The average Bonchev–Trinajstić information content (AvgIpc) is 2.81. The van der Waals surface area contributed by atoms with Crippen molar-refractivity contribution in [1.82, 2.24) is 20.0 Å². The van der Waals surface area contributed by atoms with Crippen molar-refractivity contribution >= 4 is 0 Å². The number of hydrogen-bond donors (Lipinski definition) is 1. The molecule has 19 heavy (non-hydrogen) atoms. The number of rotatable bonds is 7. The van der Waals surface area contributed by atoms with Crippen molar-refractivity contribution in [2.75, 3.05) is 39.9 Å². The average molecular weight is 266 g/mol. The maximum Gasteiger partial charge on any atom is 0.0764 e. The van der Waals surface area contributed by atoms with Gasteiger partial charge in [-0.15, -0.1) is 0 Å². The molecule has 1 saturated heterocycles. The first-order valence-corrected chi connectivity index (χ1v) is 7.18. The van der Waals surface area contributed by atoms with Crippen LogP contribution in [0.1, 0.15) is 18.5 Å². The van der Waals surface area contributed by atoms with Crippen molar-refractivity contribution in [3.8, 4) is 0 Å². The van der Waals surface area contributed by atoms with Gasteiger partial charge in [-0.2, -0.15) is 5.10 Å². The summed E-state index contributed by atoms with van der Waals surface area (Å²) in [5, 5.41) is 7.93. The standard InChI is InChI=1S/C14H26N4O/c1-17-8-5-14(16-17)12-18-7-3-4-13(11-18)10-15-6-9-19-2/h5,8,13,15H,3-4,6-7,9-12H2,1-2H3. The van der Waals surface area contributed by atoms with Crippen molar-refractivity contribution in [1.29, 1.82) is 0 Å². The van der Waals surface area contributed by atoms with Crippen molar-refractivity contribution in [3.05, 3.63) is 18.0 Å². The van der Waals surface area contributed by atoms with Crippen LogP contribution in [0.4, 0.5) is 0 Å². The van der Waals surface area contributed by atoms with E-state index in [1.807, 2.05) is 17.9 Å². The van der Waals surface area contributed by atoms with Crippen molar-refractivity contribution in [2.45, 2.75) is 19.4 Å². The quantitative estimate of drug-likeness (QED) is 0.744. The van der Waals surface area contributed by atoms with E-state index in [9.17, 15) is 0 Å². The van der Waals surface area contributed by atoms with Crippen LogP contribution in [-0.4, -0.2) is 54.6 Å². The van der Waals surface area contributed by atoms with Crippen LogP contribution < -0.4 is 5.32 Å². The smallest absolute Gasteiger partial charge is 0.0764 e. The van der Waals surface area contributed by atoms with Gasteiger partial charge in [0.1, 0.15) is 0 Å². The summed E-state index contributed by atoms with van der Waals surface area (Å²) < 4.78 is 6.93. The van der Waals surface area contributed by atoms with Gasteiger partial charge in [0.2, 0.25) is 0 Å². The van der Waals surface area contributed by atoms with Crippen molar-refractivity contribution in [3.63, 3.8) is 0 Å². The van der Waals surface area contributed by atoms with Gasteiger partial charge in [-0.05, 0) is 37.9 Å². The van der Waals surface area contributed by atoms with Crippen LogP contribution in [0.25, 0.3) is 0 Å². The summed E-state index contributed by atoms with van der Waals surface area (Å²) in [5.74, 6) is 0.759. The van der Waals surface area contributed by atoms with E-state index in [0.717, 1.165) is 32.2 Å². The van der Waals surface area contributed by atoms with E-state index in [2.05, 4.69) is 21.4 Å². The van der Waals surface area contributed by atoms with E-state index in [1.54, 1.807) is 7.11 Å². The molecule has 1 N–H and O–H groups in total. The van der Waals surface area contributed by atoms with E-state index in [1.165, 1.54) is 31.6 Å². The third-order valence-corrected chi connectivity index (χ3v) is 3.67. The molecule has 0 saturated carbocycles. The predicted molar refractivity (Wildman–Crippen MR) is 76.0 cm³/mol. The van der Waals surface area contributed by atoms with Gasteiger partial charge in [-0.1, -0.05) is 0 Å². The molecular formula is C14H26N4O. The summed E-state index contributed by atoms with van der Waals surface area (Å²) in [6, 6.07) is 2.11. The van der Waals surface area contributed by atoms with Gasteiger partial charge in [-0.25, -0.2) is 0 Å². The normalized spacial score (nSPS) is 20.8. The fourth-order valence-corrected chi connectivity index (χ4v) is 2.72. The number of methoxy groups -OCH3 is 1. The van der Waals surface area contributed by atoms with Gasteiger partial charge in [0.15, 0.2) is 0 Å². The molecule has 1 atom stereocenters. The van der Waals surface area contributed by atoms with Crippen LogP contribution >= 0.6 is 0 Å². The second-order valence-electron chi connectivity index (χ2n) is 5.42. The number of ether oxygens (including phenoxy) is 1. The number of nitrogens with zero attached hydrogens (tertiary/aromatic N) is 3. The van der Waals surface area contributed by atoms with E-state index in [4.69, 9.17) is 4.74 Å². The lowest BCUT2D eigenvalue weighted by atomic mass is 9.98. The highest BCUT2D eigenvalue weighted by Gasteiger charge is 2.20. The first-order valence-electron chi connectivity index (χ1n) is 7.18. The Morgan fingerprint density at radius 3 is 3.16 bits per heavy atom. The van der Waals surface area contributed by atoms with Crippen molar-refractivity contribution in [2.24, 2.45) is 13.0 Å². The van der Waals surface area contributed by atoms with Crippen LogP contribution in [0.3, 0.4) is 0 Å². The van der Waals surface area contributed by atoms with Crippen LogP contribution in [0.15, 0.2) is 12.3 Å². The molecule has 1 aliphatic rings. The van der Waals surface area contributed by atoms with Crippen molar-refractivity contribution < 1.29 is 4.74 Å². The molecule has 5 heteroatoms. The molecular weight excluding hydrogens is 240 g/mol. The molecule has 0 aliphatic carbocycles. The molecule has 108 valence electrons. The van der Waals surface area contributed by atoms with E-state index < -0.39 is 0 Å². The molecule has 1 aromatic rings. The molecule has 1 aliphatic heterocycles. The first-order chi connectivity index (χ1) is 9.28. The molecule has 1 fully saturated rings. The Kier molecular flexibility index (Phi) is 5.82. The van der Waals surface area contributed by atoms with Gasteiger partial charge < -0.3 is 10.1 Å². The minimum Gasteiger partial charge on any atom is -0.383 e. The van der Waals surface area contributed by atoms with Gasteiger partial charge in [-0.3, -0.25) is 9.58 Å². The summed E-state index contributed by atoms with van der Waals surface area (Å²) in [6.45, 7) is 6.21. The molecule has 0 aromatic carbocycles. The molecule has 0 radical (unpaired) electrons. The first kappa shape index (κ1) is 14.5. The zero-order valence-corrected chi connectivity index (χ0v) is 12.1. The van der Waals surface area contributed by atoms with E-state index in [0.29, 0.717) is 0 Å². The summed E-state index contributed by atoms with van der Waals surface area (Å²) in [4.78, 5) is 2.52. The highest BCUT2D eigenvalue weighted by Crippen LogP contribution is 2.17. The zero-order valence-electron chi connectivity index (χ0n) is 12.1. The second-order valence-corrected chi connectivity index (χ2v) is 5.42. The lowest BCUT2D eigenvalue weighted by molar-refractivity contribution is 0.157. The van der Waals surface area contributed by atoms with Crippen LogP contribution in [0, 0.1) is 5.92 Å². The van der Waals surface area contributed by atoms with Crippen LogP contribution in [-0.2, 0) is 18.3 Å². The molecule has 0 amide bonds. The Labute approximate surface area is 115 Å². The number of nitrogens with one attached hydrogen (secondary N) is 1. The highest BCUT2D eigenvalue weighted by atomic mass is 16.5. The highest BCUT2D eigenvalue weighted by molar-refractivity contribution is 4.98. The van der Waals surface area contributed by atoms with Gasteiger partial charge in [0.05, 0.1) is 12.3 Å². The maximum absolute atomic E-state index is 5.05. The molecule has 1 unspecified atom stereocenters. The summed E-state index contributed by atoms with van der Waals surface area (Å²) in [5.41, 5.74) is 1.18. The number of piperidine rings is 1. The van der Waals surface area contributed by atoms with Crippen LogP contribution in [0.2, 0.25) is 0 Å². The van der Waals surface area contributed by atoms with Gasteiger partial charge in [0, 0.05) is 40.0 Å². The molecule has 0 bridgehead atoms. The van der Waals surface area contributed by atoms with Gasteiger partial charge in [0.25, 0.3) is 0 Å². The Morgan fingerprint density at radius 2 is 2.42 bits per heavy atom. The monoisotopic (exact) mass is 266 g/mol. The summed E-state index contributed by atoms with van der Waals surface area (Å²) in [7, 11) is 3.72. The third-order valence-electron chi connectivity index (χ3n) is 3.67. The topological polar surface area (TPSA) is 42.3 Å². The molecule has 5 nitrogen and oxygen atoms in total. The van der Waals surface area contributed by atoms with Crippen LogP contribution in [0.5, 0.6) is 0 Å². The Morgan fingerprint density at radius 1 is 1.53 bits per heavy atom. The summed E-state index contributed by atoms with van der Waals surface area (Å²) >= 11 is 0. The van der Waals surface area contributed by atoms with E-state index >= 15 is 0 Å². The number of hydrogen-bond acceptors (Lipinski definition) is 4. The molecule has 2 rings (SSSR count). The Hall–Kier alpha value is -0.910. The molecule has 2 heterocycles. The summed E-state index contributed by atoms with van der Waals surface area (Å²) in [6.07, 6.45) is 4.64. The lowest BCUT2D eigenvalue weighted by Crippen LogP contribution is -2.39. The minimum absolute atomic E-state index is 0.759. The fourth-order valence-electron chi connectivity index (χ4n) is 2.72. The third kappa shape index (κ3) is 4.93. The largest absolute Gasteiger partial charge is 0.383 e. The lowest BCUT2D eigenvalue weighted by Gasteiger charge is -2.32. The Balaban J connectivity index is 1.71. The minimum atomic E-state index is 0.759. The predicted octanol–water partition coefficient (Wildman–Crippen LogP) is 0.868. The molecule has 1 aromatic heterocycles. The van der Waals surface area contributed by atoms with Gasteiger partial charge >= 0.3 is 0 Å². The number of aromatic nitrogens is 2. The molecule has 0 spiro atoms. The zero-order chi connectivity index (χ0) is 13.5. The SMILES string of the molecule is COCCNCC1CCCN(Cc2ccn(C)n2)C1. The number of aryl methyl sites for hydroxylation is 1. The second kappa shape index (κ2) is 7.62.